The Morgan fingerprint density at radius 3 is 2.68 bits per heavy atom. The Balaban J connectivity index is 1.32. The molecule has 0 bridgehead atoms. The van der Waals surface area contributed by atoms with Gasteiger partial charge in [-0.2, -0.15) is 0 Å². The van der Waals surface area contributed by atoms with Crippen LogP contribution in [0.1, 0.15) is 22.3 Å². The van der Waals surface area contributed by atoms with E-state index >= 15 is 0 Å². The molecule has 1 saturated heterocycles. The normalized spacial score (nSPS) is 20.3. The molecule has 0 aliphatic carbocycles. The molecule has 8 heteroatoms. The number of nitrogens with one attached hydrogen (secondary N) is 1. The topological polar surface area (TPSA) is 82.1 Å². The largest absolute Gasteiger partial charge is 0.487 e. The summed E-state index contributed by atoms with van der Waals surface area (Å²) in [4.78, 5) is 27.3. The number of piperazine rings is 1. The van der Waals surface area contributed by atoms with Gasteiger partial charge in [0.15, 0.2) is 0 Å². The SMILES string of the molecule is O=C1Nc2ccc(F)cc2C1=C1OCc2cc(CCN3CCN(C(=O)O)CC3)ccc21. The minimum absolute atomic E-state index is 0.284. The van der Waals surface area contributed by atoms with Crippen LogP contribution in [0, 0.1) is 5.82 Å². The minimum atomic E-state index is -0.857. The van der Waals surface area contributed by atoms with Gasteiger partial charge in [-0.25, -0.2) is 9.18 Å². The van der Waals surface area contributed by atoms with Crippen LogP contribution in [-0.4, -0.2) is 59.6 Å². The molecule has 2 aromatic carbocycles. The van der Waals surface area contributed by atoms with E-state index in [1.54, 1.807) is 6.07 Å². The van der Waals surface area contributed by atoms with Gasteiger partial charge in [-0.15, -0.1) is 0 Å². The molecule has 3 aliphatic rings. The number of carboxylic acid groups (broad SMARTS) is 1. The Kier molecular flexibility index (Phi) is 4.86. The number of carbonyl (C=O) groups excluding carboxylic acids is 1. The molecule has 2 amide bonds. The number of fused-ring (bicyclic) bond motifs is 2. The van der Waals surface area contributed by atoms with Crippen LogP contribution in [0.25, 0.3) is 11.3 Å². The molecule has 2 aromatic rings. The average Bonchev–Trinajstić information content (AvgIpc) is 3.31. The van der Waals surface area contributed by atoms with Crippen LogP contribution < -0.4 is 5.32 Å². The summed E-state index contributed by atoms with van der Waals surface area (Å²) in [6, 6.07) is 10.3. The van der Waals surface area contributed by atoms with Crippen LogP contribution in [0.15, 0.2) is 36.4 Å². The summed E-state index contributed by atoms with van der Waals surface area (Å²) in [6.45, 7) is 3.78. The number of ether oxygens (including phenoxy) is 1. The lowest BCUT2D eigenvalue weighted by Crippen LogP contribution is -2.48. The van der Waals surface area contributed by atoms with E-state index < -0.39 is 11.9 Å². The van der Waals surface area contributed by atoms with Gasteiger partial charge in [0.05, 0.1) is 5.57 Å². The number of benzene rings is 2. The number of anilines is 1. The zero-order valence-corrected chi connectivity index (χ0v) is 16.9. The summed E-state index contributed by atoms with van der Waals surface area (Å²) in [5, 5.41) is 11.8. The zero-order chi connectivity index (χ0) is 21.5. The van der Waals surface area contributed by atoms with Gasteiger partial charge >= 0.3 is 6.09 Å². The Morgan fingerprint density at radius 2 is 1.90 bits per heavy atom. The molecular formula is C23H22FN3O4. The van der Waals surface area contributed by atoms with E-state index in [0.29, 0.717) is 42.3 Å². The van der Waals surface area contributed by atoms with E-state index in [-0.39, 0.29) is 5.91 Å². The molecule has 160 valence electrons. The van der Waals surface area contributed by atoms with Gasteiger partial charge in [0, 0.05) is 55.1 Å². The lowest BCUT2D eigenvalue weighted by molar-refractivity contribution is -0.110. The maximum Gasteiger partial charge on any atom is 0.407 e. The number of amides is 2. The van der Waals surface area contributed by atoms with Gasteiger partial charge in [0.25, 0.3) is 5.91 Å². The quantitative estimate of drug-likeness (QED) is 0.742. The van der Waals surface area contributed by atoms with Crippen LogP contribution in [-0.2, 0) is 22.6 Å². The van der Waals surface area contributed by atoms with Gasteiger partial charge < -0.3 is 20.1 Å². The van der Waals surface area contributed by atoms with Crippen LogP contribution in [0.2, 0.25) is 0 Å². The summed E-state index contributed by atoms with van der Waals surface area (Å²) in [5.41, 5.74) is 4.52. The van der Waals surface area contributed by atoms with Crippen LogP contribution in [0.3, 0.4) is 0 Å². The molecule has 0 aromatic heterocycles. The van der Waals surface area contributed by atoms with Crippen molar-refractivity contribution in [3.8, 4) is 0 Å². The van der Waals surface area contributed by atoms with E-state index in [1.807, 2.05) is 12.1 Å². The first-order valence-electron chi connectivity index (χ1n) is 10.3. The maximum atomic E-state index is 13.8. The zero-order valence-electron chi connectivity index (χ0n) is 16.9. The van der Waals surface area contributed by atoms with Gasteiger partial charge in [0.1, 0.15) is 18.2 Å². The first kappa shape index (κ1) is 19.6. The fraction of sp³-hybridized carbons (Fsp3) is 0.304. The summed E-state index contributed by atoms with van der Waals surface area (Å²) in [6.07, 6.45) is -0.00894. The van der Waals surface area contributed by atoms with Crippen molar-refractivity contribution in [2.45, 2.75) is 13.0 Å². The maximum absolute atomic E-state index is 13.8. The molecule has 0 radical (unpaired) electrons. The van der Waals surface area contributed by atoms with E-state index in [2.05, 4.69) is 16.3 Å². The highest BCUT2D eigenvalue weighted by Gasteiger charge is 2.32. The highest BCUT2D eigenvalue weighted by atomic mass is 19.1. The molecule has 0 atom stereocenters. The molecule has 7 nitrogen and oxygen atoms in total. The molecule has 31 heavy (non-hydrogen) atoms. The lowest BCUT2D eigenvalue weighted by atomic mass is 9.98. The second-order valence-electron chi connectivity index (χ2n) is 7.99. The number of rotatable bonds is 3. The van der Waals surface area contributed by atoms with Crippen molar-refractivity contribution < 1.29 is 23.8 Å². The predicted molar refractivity (Wildman–Crippen MR) is 113 cm³/mol. The predicted octanol–water partition coefficient (Wildman–Crippen LogP) is 3.01. The van der Waals surface area contributed by atoms with Crippen molar-refractivity contribution in [2.24, 2.45) is 0 Å². The van der Waals surface area contributed by atoms with E-state index in [1.165, 1.54) is 17.0 Å². The van der Waals surface area contributed by atoms with Crippen molar-refractivity contribution >= 4 is 29.0 Å². The van der Waals surface area contributed by atoms with Crippen molar-refractivity contribution in [3.63, 3.8) is 0 Å². The fourth-order valence-corrected chi connectivity index (χ4v) is 4.39. The molecule has 0 spiro atoms. The van der Waals surface area contributed by atoms with Gasteiger partial charge in [-0.1, -0.05) is 18.2 Å². The minimum Gasteiger partial charge on any atom is -0.487 e. The molecule has 0 saturated carbocycles. The number of nitrogens with zero attached hydrogens (tertiary/aromatic N) is 2. The molecule has 2 N–H and O–H groups in total. The van der Waals surface area contributed by atoms with Crippen molar-refractivity contribution in [2.75, 3.05) is 38.0 Å². The molecule has 1 fully saturated rings. The number of hydrogen-bond donors (Lipinski definition) is 2. The van der Waals surface area contributed by atoms with E-state index in [0.717, 1.165) is 42.7 Å². The fourth-order valence-electron chi connectivity index (χ4n) is 4.39. The first-order chi connectivity index (χ1) is 15.0. The van der Waals surface area contributed by atoms with Gasteiger partial charge in [0.2, 0.25) is 0 Å². The van der Waals surface area contributed by atoms with Gasteiger partial charge in [-0.05, 0) is 30.2 Å². The van der Waals surface area contributed by atoms with Crippen LogP contribution in [0.4, 0.5) is 14.9 Å². The molecule has 3 aliphatic heterocycles. The highest BCUT2D eigenvalue weighted by molar-refractivity contribution is 6.36. The van der Waals surface area contributed by atoms with Crippen LogP contribution in [0.5, 0.6) is 0 Å². The van der Waals surface area contributed by atoms with Crippen molar-refractivity contribution in [1.82, 2.24) is 9.80 Å². The summed E-state index contributed by atoms with van der Waals surface area (Å²) in [7, 11) is 0. The smallest absolute Gasteiger partial charge is 0.407 e. The summed E-state index contributed by atoms with van der Waals surface area (Å²) < 4.78 is 19.6. The van der Waals surface area contributed by atoms with E-state index in [9.17, 15) is 14.0 Å². The molecule has 0 unspecified atom stereocenters. The highest BCUT2D eigenvalue weighted by Crippen LogP contribution is 2.41. The Morgan fingerprint density at radius 1 is 1.10 bits per heavy atom. The molecule has 5 rings (SSSR count). The number of carbonyl (C=O) groups is 2. The Labute approximate surface area is 178 Å². The lowest BCUT2D eigenvalue weighted by Gasteiger charge is -2.33. The Hall–Kier alpha value is -3.39. The third kappa shape index (κ3) is 3.63. The molecular weight excluding hydrogens is 401 g/mol. The first-order valence-corrected chi connectivity index (χ1v) is 10.3. The second kappa shape index (κ2) is 7.70. The number of halogens is 1. The standard InChI is InChI=1S/C23H22FN3O4/c24-16-2-4-19-18(12-16)20(22(28)25-19)21-17-3-1-14(11-15(17)13-31-21)5-6-26-7-9-27(10-8-26)23(29)30/h1-4,11-12H,5-10,13H2,(H,25,28)(H,29,30). The summed E-state index contributed by atoms with van der Waals surface area (Å²) in [5.74, 6) is -0.188. The number of hydrogen-bond acceptors (Lipinski definition) is 4. The van der Waals surface area contributed by atoms with Crippen molar-refractivity contribution in [1.29, 1.82) is 0 Å². The third-order valence-corrected chi connectivity index (χ3v) is 6.10. The summed E-state index contributed by atoms with van der Waals surface area (Å²) >= 11 is 0. The second-order valence-corrected chi connectivity index (χ2v) is 7.99. The van der Waals surface area contributed by atoms with Crippen molar-refractivity contribution in [3.05, 3.63) is 64.5 Å². The average molecular weight is 423 g/mol. The third-order valence-electron chi connectivity index (χ3n) is 6.10. The molecule has 3 heterocycles. The van der Waals surface area contributed by atoms with Crippen LogP contribution >= 0.6 is 0 Å². The van der Waals surface area contributed by atoms with E-state index in [4.69, 9.17) is 9.84 Å². The van der Waals surface area contributed by atoms with Gasteiger partial charge in [-0.3, -0.25) is 9.69 Å². The Bertz CT molecular complexity index is 1110. The monoisotopic (exact) mass is 423 g/mol.